The minimum Gasteiger partial charge on any atom is -0.323 e. The molecule has 0 aliphatic carbocycles. The fraction of sp³-hybridized carbons (Fsp3) is 0.455. The second-order valence-electron chi connectivity index (χ2n) is 3.87. The predicted octanol–water partition coefficient (Wildman–Crippen LogP) is 1.70. The number of hydrogen-bond donors (Lipinski definition) is 1. The first-order valence-corrected chi connectivity index (χ1v) is 4.67. The molecular formula is C11H17FN2. The van der Waals surface area contributed by atoms with Crippen LogP contribution in [-0.2, 0) is 0 Å². The zero-order valence-corrected chi connectivity index (χ0v) is 8.92. The van der Waals surface area contributed by atoms with Gasteiger partial charge >= 0.3 is 0 Å². The van der Waals surface area contributed by atoms with Crippen LogP contribution < -0.4 is 5.73 Å². The third kappa shape index (κ3) is 2.79. The molecular weight excluding hydrogens is 179 g/mol. The molecule has 3 heteroatoms. The molecule has 0 saturated heterocycles. The van der Waals surface area contributed by atoms with Gasteiger partial charge in [0, 0.05) is 12.6 Å². The van der Waals surface area contributed by atoms with E-state index in [1.807, 2.05) is 25.9 Å². The van der Waals surface area contributed by atoms with E-state index in [-0.39, 0.29) is 11.9 Å². The lowest BCUT2D eigenvalue weighted by atomic mass is 10.0. The number of aryl methyl sites for hydroxylation is 1. The number of nitrogens with two attached hydrogens (primary N) is 1. The van der Waals surface area contributed by atoms with Crippen molar-refractivity contribution in [3.05, 3.63) is 35.1 Å². The minimum atomic E-state index is -0.222. The van der Waals surface area contributed by atoms with Gasteiger partial charge in [0.25, 0.3) is 0 Å². The molecule has 1 atom stereocenters. The van der Waals surface area contributed by atoms with Gasteiger partial charge in [0.1, 0.15) is 5.82 Å². The molecule has 14 heavy (non-hydrogen) atoms. The highest BCUT2D eigenvalue weighted by atomic mass is 19.1. The van der Waals surface area contributed by atoms with Crippen molar-refractivity contribution in [1.82, 2.24) is 4.90 Å². The minimum absolute atomic E-state index is 0.124. The summed E-state index contributed by atoms with van der Waals surface area (Å²) in [6.07, 6.45) is 0. The Morgan fingerprint density at radius 2 is 2.07 bits per heavy atom. The lowest BCUT2D eigenvalue weighted by molar-refractivity contribution is 0.375. The van der Waals surface area contributed by atoms with Gasteiger partial charge in [-0.2, -0.15) is 0 Å². The summed E-state index contributed by atoms with van der Waals surface area (Å²) in [5.74, 6) is -0.222. The normalized spacial score (nSPS) is 13.3. The molecule has 1 aromatic carbocycles. The van der Waals surface area contributed by atoms with E-state index >= 15 is 0 Å². The first kappa shape index (κ1) is 11.1. The van der Waals surface area contributed by atoms with Crippen LogP contribution in [0, 0.1) is 12.7 Å². The average molecular weight is 196 g/mol. The van der Waals surface area contributed by atoms with Crippen molar-refractivity contribution >= 4 is 0 Å². The summed E-state index contributed by atoms with van der Waals surface area (Å²) in [5, 5.41) is 0. The Morgan fingerprint density at radius 1 is 1.43 bits per heavy atom. The number of halogens is 1. The summed E-state index contributed by atoms with van der Waals surface area (Å²) >= 11 is 0. The van der Waals surface area contributed by atoms with Crippen LogP contribution in [-0.4, -0.2) is 25.5 Å². The summed E-state index contributed by atoms with van der Waals surface area (Å²) < 4.78 is 13.0. The number of rotatable bonds is 3. The van der Waals surface area contributed by atoms with E-state index < -0.39 is 0 Å². The Bertz CT molecular complexity index is 310. The van der Waals surface area contributed by atoms with E-state index in [9.17, 15) is 4.39 Å². The number of benzene rings is 1. The van der Waals surface area contributed by atoms with Gasteiger partial charge in [-0.3, -0.25) is 0 Å². The summed E-state index contributed by atoms with van der Waals surface area (Å²) in [6, 6.07) is 4.62. The van der Waals surface area contributed by atoms with Gasteiger partial charge in [0.05, 0.1) is 0 Å². The highest BCUT2D eigenvalue weighted by Crippen LogP contribution is 2.17. The van der Waals surface area contributed by atoms with Gasteiger partial charge in [-0.15, -0.1) is 0 Å². The molecule has 0 aliphatic rings. The lowest BCUT2D eigenvalue weighted by Gasteiger charge is -2.18. The molecule has 0 bridgehead atoms. The van der Waals surface area contributed by atoms with E-state index in [4.69, 9.17) is 5.73 Å². The van der Waals surface area contributed by atoms with Crippen molar-refractivity contribution in [3.8, 4) is 0 Å². The van der Waals surface area contributed by atoms with Gasteiger partial charge in [-0.1, -0.05) is 6.07 Å². The Hall–Kier alpha value is -0.930. The number of nitrogens with zero attached hydrogens (tertiary/aromatic N) is 1. The van der Waals surface area contributed by atoms with Crippen molar-refractivity contribution in [1.29, 1.82) is 0 Å². The van der Waals surface area contributed by atoms with Gasteiger partial charge in [-0.25, -0.2) is 4.39 Å². The molecule has 1 aromatic rings. The van der Waals surface area contributed by atoms with Crippen LogP contribution in [0.3, 0.4) is 0 Å². The second kappa shape index (κ2) is 4.53. The molecule has 0 fully saturated rings. The zero-order valence-electron chi connectivity index (χ0n) is 8.92. The smallest absolute Gasteiger partial charge is 0.123 e. The van der Waals surface area contributed by atoms with E-state index in [1.165, 1.54) is 12.1 Å². The van der Waals surface area contributed by atoms with Crippen molar-refractivity contribution in [2.45, 2.75) is 13.0 Å². The molecule has 1 rings (SSSR count). The first-order valence-electron chi connectivity index (χ1n) is 4.67. The van der Waals surface area contributed by atoms with Crippen LogP contribution in [0.15, 0.2) is 18.2 Å². The Kier molecular flexibility index (Phi) is 3.61. The third-order valence-electron chi connectivity index (χ3n) is 2.20. The standard InChI is InChI=1S/C11H17FN2/c1-8-4-5-9(12)6-10(8)11(13)7-14(2)3/h4-6,11H,7,13H2,1-3H3. The second-order valence-corrected chi connectivity index (χ2v) is 3.87. The molecule has 78 valence electrons. The van der Waals surface area contributed by atoms with Crippen LogP contribution in [0.2, 0.25) is 0 Å². The summed E-state index contributed by atoms with van der Waals surface area (Å²) in [4.78, 5) is 2.00. The van der Waals surface area contributed by atoms with E-state index in [2.05, 4.69) is 0 Å². The third-order valence-corrected chi connectivity index (χ3v) is 2.20. The molecule has 0 heterocycles. The van der Waals surface area contributed by atoms with Gasteiger partial charge < -0.3 is 10.6 Å². The van der Waals surface area contributed by atoms with Crippen molar-refractivity contribution in [2.75, 3.05) is 20.6 Å². The quantitative estimate of drug-likeness (QED) is 0.797. The number of likely N-dealkylation sites (N-methyl/N-ethyl adjacent to an activating group) is 1. The summed E-state index contributed by atoms with van der Waals surface area (Å²) in [7, 11) is 3.91. The maximum Gasteiger partial charge on any atom is 0.123 e. The van der Waals surface area contributed by atoms with E-state index in [0.29, 0.717) is 0 Å². The molecule has 2 nitrogen and oxygen atoms in total. The largest absolute Gasteiger partial charge is 0.323 e. The van der Waals surface area contributed by atoms with E-state index in [1.54, 1.807) is 6.07 Å². The van der Waals surface area contributed by atoms with Crippen molar-refractivity contribution < 1.29 is 4.39 Å². The SMILES string of the molecule is Cc1ccc(F)cc1C(N)CN(C)C. The van der Waals surface area contributed by atoms with Crippen LogP contribution in [0.4, 0.5) is 4.39 Å². The monoisotopic (exact) mass is 196 g/mol. The maximum atomic E-state index is 13.0. The first-order chi connectivity index (χ1) is 6.50. The highest BCUT2D eigenvalue weighted by Gasteiger charge is 2.10. The number of hydrogen-bond acceptors (Lipinski definition) is 2. The molecule has 0 spiro atoms. The average Bonchev–Trinajstić information content (AvgIpc) is 2.08. The highest BCUT2D eigenvalue weighted by molar-refractivity contribution is 5.29. The lowest BCUT2D eigenvalue weighted by Crippen LogP contribution is -2.26. The fourth-order valence-electron chi connectivity index (χ4n) is 1.50. The molecule has 0 aromatic heterocycles. The van der Waals surface area contributed by atoms with E-state index in [0.717, 1.165) is 17.7 Å². The molecule has 1 unspecified atom stereocenters. The van der Waals surface area contributed by atoms with Gasteiger partial charge in [0.15, 0.2) is 0 Å². The van der Waals surface area contributed by atoms with Crippen molar-refractivity contribution in [2.24, 2.45) is 5.73 Å². The molecule has 0 amide bonds. The Morgan fingerprint density at radius 3 is 2.64 bits per heavy atom. The van der Waals surface area contributed by atoms with Crippen LogP contribution in [0.1, 0.15) is 17.2 Å². The van der Waals surface area contributed by atoms with Crippen LogP contribution in [0.25, 0.3) is 0 Å². The van der Waals surface area contributed by atoms with Gasteiger partial charge in [0.2, 0.25) is 0 Å². The Balaban J connectivity index is 2.88. The maximum absolute atomic E-state index is 13.0. The Labute approximate surface area is 84.5 Å². The molecule has 2 N–H and O–H groups in total. The summed E-state index contributed by atoms with van der Waals surface area (Å²) in [5.41, 5.74) is 7.89. The van der Waals surface area contributed by atoms with Crippen molar-refractivity contribution in [3.63, 3.8) is 0 Å². The predicted molar refractivity (Wildman–Crippen MR) is 56.6 cm³/mol. The molecule has 0 saturated carbocycles. The topological polar surface area (TPSA) is 29.3 Å². The van der Waals surface area contributed by atoms with Crippen LogP contribution >= 0.6 is 0 Å². The van der Waals surface area contributed by atoms with Crippen LogP contribution in [0.5, 0.6) is 0 Å². The zero-order chi connectivity index (χ0) is 10.7. The summed E-state index contributed by atoms with van der Waals surface area (Å²) in [6.45, 7) is 2.68. The molecule has 0 radical (unpaired) electrons. The molecule has 0 aliphatic heterocycles. The fourth-order valence-corrected chi connectivity index (χ4v) is 1.50. The van der Waals surface area contributed by atoms with Gasteiger partial charge in [-0.05, 0) is 44.3 Å².